The van der Waals surface area contributed by atoms with Crippen molar-refractivity contribution in [3.8, 4) is 11.5 Å². The fourth-order valence-corrected chi connectivity index (χ4v) is 4.90. The highest BCUT2D eigenvalue weighted by molar-refractivity contribution is 5.81. The predicted octanol–water partition coefficient (Wildman–Crippen LogP) is 3.83. The smallest absolute Gasteiger partial charge is 0.220 e. The summed E-state index contributed by atoms with van der Waals surface area (Å²) >= 11 is 0. The van der Waals surface area contributed by atoms with Gasteiger partial charge in [0.25, 0.3) is 0 Å². The van der Waals surface area contributed by atoms with Crippen LogP contribution < -0.4 is 20.1 Å². The molecule has 34 heavy (non-hydrogen) atoms. The zero-order valence-corrected chi connectivity index (χ0v) is 20.1. The molecule has 7 heteroatoms. The van der Waals surface area contributed by atoms with Crippen molar-refractivity contribution in [1.29, 1.82) is 0 Å². The average molecular weight is 464 g/mol. The molecule has 0 saturated carbocycles. The summed E-state index contributed by atoms with van der Waals surface area (Å²) in [6.45, 7) is 2.72. The number of carbonyl (C=O) groups is 2. The number of amides is 2. The molecular formula is C27H33N3O4. The maximum Gasteiger partial charge on any atom is 0.220 e. The van der Waals surface area contributed by atoms with E-state index < -0.39 is 5.54 Å². The number of aromatic nitrogens is 1. The van der Waals surface area contributed by atoms with E-state index in [0.717, 1.165) is 11.1 Å². The number of nitrogens with one attached hydrogen (secondary N) is 2. The first-order valence-corrected chi connectivity index (χ1v) is 11.8. The standard InChI is InChI=1S/C27H33N3O4/c1-19(18-30-15-12-21-6-4-5-7-22(21)30)28-25(31)10-13-27(14-11-26(32)29-27)17-20-8-9-23(33-2)24(16-20)34-3/h4-9,12,15-16,19H,10-11,13-14,17-18H2,1-3H3,(H,28,31)(H,29,32)/t19-,27-/m0/s1. The highest BCUT2D eigenvalue weighted by Gasteiger charge is 2.38. The van der Waals surface area contributed by atoms with Crippen molar-refractivity contribution >= 4 is 22.7 Å². The molecule has 7 nitrogen and oxygen atoms in total. The summed E-state index contributed by atoms with van der Waals surface area (Å²) in [5.74, 6) is 1.36. The van der Waals surface area contributed by atoms with Gasteiger partial charge in [-0.25, -0.2) is 0 Å². The van der Waals surface area contributed by atoms with Crippen LogP contribution in [0.2, 0.25) is 0 Å². The molecule has 0 radical (unpaired) electrons. The molecular weight excluding hydrogens is 430 g/mol. The van der Waals surface area contributed by atoms with Gasteiger partial charge in [0.15, 0.2) is 11.5 Å². The number of methoxy groups -OCH3 is 2. The zero-order chi connectivity index (χ0) is 24.1. The Hall–Kier alpha value is -3.48. The maximum absolute atomic E-state index is 12.8. The maximum atomic E-state index is 12.8. The number of ether oxygens (including phenoxy) is 2. The molecule has 1 aliphatic heterocycles. The van der Waals surface area contributed by atoms with Crippen LogP contribution >= 0.6 is 0 Å². The summed E-state index contributed by atoms with van der Waals surface area (Å²) in [6, 6.07) is 16.1. The van der Waals surface area contributed by atoms with E-state index in [1.165, 1.54) is 5.39 Å². The van der Waals surface area contributed by atoms with Crippen LogP contribution in [-0.4, -0.2) is 42.2 Å². The average Bonchev–Trinajstić information content (AvgIpc) is 3.41. The van der Waals surface area contributed by atoms with Gasteiger partial charge in [0.05, 0.1) is 14.2 Å². The van der Waals surface area contributed by atoms with Crippen LogP contribution in [0.5, 0.6) is 11.5 Å². The molecule has 2 aromatic carbocycles. The Morgan fingerprint density at radius 3 is 2.68 bits per heavy atom. The third-order valence-electron chi connectivity index (χ3n) is 6.61. The lowest BCUT2D eigenvalue weighted by Gasteiger charge is -2.30. The van der Waals surface area contributed by atoms with Gasteiger partial charge in [0.1, 0.15) is 0 Å². The van der Waals surface area contributed by atoms with Crippen molar-refractivity contribution in [3.63, 3.8) is 0 Å². The summed E-state index contributed by atoms with van der Waals surface area (Å²) in [6.07, 6.45) is 4.81. The lowest BCUT2D eigenvalue weighted by molar-refractivity contribution is -0.123. The van der Waals surface area contributed by atoms with E-state index in [-0.39, 0.29) is 17.9 Å². The van der Waals surface area contributed by atoms with Crippen molar-refractivity contribution in [2.75, 3.05) is 14.2 Å². The third-order valence-corrected chi connectivity index (χ3v) is 6.61. The molecule has 1 aromatic heterocycles. The summed E-state index contributed by atoms with van der Waals surface area (Å²) < 4.78 is 12.9. The van der Waals surface area contributed by atoms with Crippen LogP contribution in [0.25, 0.3) is 10.9 Å². The first kappa shape index (κ1) is 23.7. The van der Waals surface area contributed by atoms with Crippen LogP contribution in [0.1, 0.15) is 38.2 Å². The minimum absolute atomic E-state index is 0.00297. The quantitative estimate of drug-likeness (QED) is 0.479. The van der Waals surface area contributed by atoms with E-state index >= 15 is 0 Å². The van der Waals surface area contributed by atoms with Gasteiger partial charge in [-0.05, 0) is 61.4 Å². The van der Waals surface area contributed by atoms with Crippen molar-refractivity contribution in [2.45, 2.75) is 57.2 Å². The van der Waals surface area contributed by atoms with Crippen LogP contribution in [0.3, 0.4) is 0 Å². The first-order valence-electron chi connectivity index (χ1n) is 11.8. The molecule has 2 N–H and O–H groups in total. The second kappa shape index (κ2) is 10.2. The number of rotatable bonds is 10. The molecule has 1 aliphatic rings. The molecule has 1 saturated heterocycles. The summed E-state index contributed by atoms with van der Waals surface area (Å²) in [7, 11) is 3.21. The summed E-state index contributed by atoms with van der Waals surface area (Å²) in [5.41, 5.74) is 1.76. The van der Waals surface area contributed by atoms with Gasteiger partial charge in [0.2, 0.25) is 11.8 Å². The molecule has 2 heterocycles. The van der Waals surface area contributed by atoms with E-state index in [1.807, 2.05) is 37.3 Å². The number of carbonyl (C=O) groups excluding carboxylic acids is 2. The van der Waals surface area contributed by atoms with E-state index in [2.05, 4.69) is 39.6 Å². The third kappa shape index (κ3) is 5.35. The number of nitrogens with zero attached hydrogens (tertiary/aromatic N) is 1. The molecule has 2 amide bonds. The van der Waals surface area contributed by atoms with Gasteiger partial charge in [-0.15, -0.1) is 0 Å². The Labute approximate surface area is 200 Å². The van der Waals surface area contributed by atoms with E-state index in [9.17, 15) is 9.59 Å². The first-order chi connectivity index (χ1) is 16.4. The van der Waals surface area contributed by atoms with E-state index in [1.54, 1.807) is 14.2 Å². The van der Waals surface area contributed by atoms with Crippen LogP contribution in [-0.2, 0) is 22.6 Å². The molecule has 4 rings (SSSR count). The number of para-hydroxylation sites is 1. The lowest BCUT2D eigenvalue weighted by Crippen LogP contribution is -2.45. The molecule has 0 spiro atoms. The fraction of sp³-hybridized carbons (Fsp3) is 0.407. The molecule has 0 aliphatic carbocycles. The Morgan fingerprint density at radius 2 is 1.94 bits per heavy atom. The highest BCUT2D eigenvalue weighted by Crippen LogP contribution is 2.33. The summed E-state index contributed by atoms with van der Waals surface area (Å²) in [4.78, 5) is 24.9. The van der Waals surface area contributed by atoms with Gasteiger partial charge >= 0.3 is 0 Å². The normalized spacial score (nSPS) is 18.5. The van der Waals surface area contributed by atoms with Crippen molar-refractivity contribution in [2.24, 2.45) is 0 Å². The van der Waals surface area contributed by atoms with Gasteiger partial charge < -0.3 is 24.7 Å². The van der Waals surface area contributed by atoms with Gasteiger partial charge in [-0.3, -0.25) is 9.59 Å². The largest absolute Gasteiger partial charge is 0.493 e. The van der Waals surface area contributed by atoms with E-state index in [4.69, 9.17) is 9.47 Å². The highest BCUT2D eigenvalue weighted by atomic mass is 16.5. The van der Waals surface area contributed by atoms with E-state index in [0.29, 0.717) is 50.1 Å². The molecule has 2 atom stereocenters. The predicted molar refractivity (Wildman–Crippen MR) is 132 cm³/mol. The van der Waals surface area contributed by atoms with Crippen molar-refractivity contribution < 1.29 is 19.1 Å². The van der Waals surface area contributed by atoms with Gasteiger partial charge in [-0.2, -0.15) is 0 Å². The Bertz CT molecular complexity index is 1170. The summed E-state index contributed by atoms with van der Waals surface area (Å²) in [5, 5.41) is 7.47. The molecule has 180 valence electrons. The SMILES string of the molecule is COc1ccc(C[C@]2(CCC(=O)N[C@@H](C)Cn3ccc4ccccc43)CCC(=O)N2)cc1OC. The number of fused-ring (bicyclic) bond motifs is 1. The monoisotopic (exact) mass is 463 g/mol. The second-order valence-corrected chi connectivity index (χ2v) is 9.19. The van der Waals surface area contributed by atoms with Gasteiger partial charge in [0, 0.05) is 42.7 Å². The molecule has 3 aromatic rings. The second-order valence-electron chi connectivity index (χ2n) is 9.19. The Kier molecular flexibility index (Phi) is 7.10. The zero-order valence-electron chi connectivity index (χ0n) is 20.1. The Balaban J connectivity index is 1.37. The van der Waals surface area contributed by atoms with Crippen LogP contribution in [0.4, 0.5) is 0 Å². The number of hydrogen-bond acceptors (Lipinski definition) is 4. The lowest BCUT2D eigenvalue weighted by atomic mass is 9.84. The van der Waals surface area contributed by atoms with Crippen LogP contribution in [0, 0.1) is 0 Å². The molecule has 1 fully saturated rings. The number of benzene rings is 2. The number of hydrogen-bond donors (Lipinski definition) is 2. The molecule has 0 bridgehead atoms. The van der Waals surface area contributed by atoms with Gasteiger partial charge in [-0.1, -0.05) is 24.3 Å². The van der Waals surface area contributed by atoms with Crippen molar-refractivity contribution in [1.82, 2.24) is 15.2 Å². The fourth-order valence-electron chi connectivity index (χ4n) is 4.90. The molecule has 0 unspecified atom stereocenters. The Morgan fingerprint density at radius 1 is 1.15 bits per heavy atom. The minimum Gasteiger partial charge on any atom is -0.493 e. The van der Waals surface area contributed by atoms with Crippen LogP contribution in [0.15, 0.2) is 54.7 Å². The topological polar surface area (TPSA) is 81.6 Å². The van der Waals surface area contributed by atoms with Crippen molar-refractivity contribution in [3.05, 3.63) is 60.3 Å². The minimum atomic E-state index is -0.437.